The standard InChI is InChI=1S/C17H18ClF3N2O3S/c1-27(24,25)14-9-22-16(23-14)15(10-2-3-13(19)12(18)8-10)26-11-4-6-17(20,21)7-5-11/h2-3,8-9,11,15H,4-7H2,1H3,(H,22,23). The Morgan fingerprint density at radius 3 is 2.56 bits per heavy atom. The monoisotopic (exact) mass is 422 g/mol. The number of aromatic nitrogens is 2. The predicted molar refractivity (Wildman–Crippen MR) is 93.2 cm³/mol. The second kappa shape index (κ2) is 7.44. The Labute approximate surface area is 159 Å². The lowest BCUT2D eigenvalue weighted by atomic mass is 9.94. The summed E-state index contributed by atoms with van der Waals surface area (Å²) in [5.74, 6) is -3.15. The molecule has 1 unspecified atom stereocenters. The summed E-state index contributed by atoms with van der Waals surface area (Å²) in [5, 5.41) is -0.305. The van der Waals surface area contributed by atoms with Gasteiger partial charge in [-0.25, -0.2) is 26.6 Å². The number of H-pyrrole nitrogens is 1. The van der Waals surface area contributed by atoms with Crippen LogP contribution in [0.1, 0.15) is 43.2 Å². The summed E-state index contributed by atoms with van der Waals surface area (Å²) in [6.07, 6.45) is 0.598. The number of rotatable bonds is 5. The number of ether oxygens (including phenoxy) is 1. The quantitative estimate of drug-likeness (QED) is 0.780. The summed E-state index contributed by atoms with van der Waals surface area (Å²) in [4.78, 5) is 6.80. The summed E-state index contributed by atoms with van der Waals surface area (Å²) in [6, 6.07) is 3.94. The fourth-order valence-electron chi connectivity index (χ4n) is 2.96. The van der Waals surface area contributed by atoms with E-state index in [1.165, 1.54) is 18.3 Å². The van der Waals surface area contributed by atoms with Gasteiger partial charge in [0.25, 0.3) is 0 Å². The van der Waals surface area contributed by atoms with Crippen LogP contribution in [0.4, 0.5) is 13.2 Å². The van der Waals surface area contributed by atoms with Crippen molar-refractivity contribution in [2.45, 2.75) is 48.8 Å². The number of aromatic amines is 1. The van der Waals surface area contributed by atoms with E-state index in [4.69, 9.17) is 16.3 Å². The molecule has 0 radical (unpaired) electrons. The lowest BCUT2D eigenvalue weighted by molar-refractivity contribution is -0.0938. The Kier molecular flexibility index (Phi) is 5.56. The van der Waals surface area contributed by atoms with E-state index in [-0.39, 0.29) is 41.6 Å². The zero-order valence-corrected chi connectivity index (χ0v) is 16.0. The van der Waals surface area contributed by atoms with E-state index in [1.807, 2.05) is 0 Å². The summed E-state index contributed by atoms with van der Waals surface area (Å²) < 4.78 is 69.6. The maximum absolute atomic E-state index is 13.5. The molecule has 0 spiro atoms. The number of nitrogens with one attached hydrogen (secondary N) is 1. The summed E-state index contributed by atoms with van der Waals surface area (Å²) in [7, 11) is -3.54. The van der Waals surface area contributed by atoms with Crippen molar-refractivity contribution in [3.05, 3.63) is 46.6 Å². The number of hydrogen-bond acceptors (Lipinski definition) is 4. The Hall–Kier alpha value is -1.58. The second-order valence-corrected chi connectivity index (χ2v) is 9.01. The number of halogens is 4. The van der Waals surface area contributed by atoms with Crippen molar-refractivity contribution in [3.63, 3.8) is 0 Å². The molecular formula is C17H18ClF3N2O3S. The lowest BCUT2D eigenvalue weighted by Crippen LogP contribution is -2.30. The SMILES string of the molecule is CS(=O)(=O)c1c[nH]c(C(OC2CCC(F)(F)CC2)c2ccc(F)c(Cl)c2)n1. The van der Waals surface area contributed by atoms with Crippen molar-refractivity contribution in [2.24, 2.45) is 0 Å². The molecule has 0 aliphatic heterocycles. The van der Waals surface area contributed by atoms with Crippen molar-refractivity contribution >= 4 is 21.4 Å². The minimum atomic E-state index is -3.54. The van der Waals surface area contributed by atoms with Gasteiger partial charge in [0.1, 0.15) is 17.7 Å². The van der Waals surface area contributed by atoms with Crippen LogP contribution < -0.4 is 0 Å². The van der Waals surface area contributed by atoms with Gasteiger partial charge in [0, 0.05) is 25.3 Å². The molecule has 1 fully saturated rings. The van der Waals surface area contributed by atoms with E-state index >= 15 is 0 Å². The van der Waals surface area contributed by atoms with E-state index in [2.05, 4.69) is 9.97 Å². The third kappa shape index (κ3) is 4.83. The molecule has 1 aromatic heterocycles. The molecule has 0 bridgehead atoms. The maximum atomic E-state index is 13.5. The second-order valence-electron chi connectivity index (χ2n) is 6.64. The highest BCUT2D eigenvalue weighted by molar-refractivity contribution is 7.90. The molecule has 0 amide bonds. The molecule has 27 heavy (non-hydrogen) atoms. The molecule has 0 saturated heterocycles. The number of alkyl halides is 2. The van der Waals surface area contributed by atoms with Gasteiger partial charge in [-0.05, 0) is 30.5 Å². The zero-order valence-electron chi connectivity index (χ0n) is 14.4. The van der Waals surface area contributed by atoms with Gasteiger partial charge in [0.2, 0.25) is 5.92 Å². The number of sulfone groups is 1. The van der Waals surface area contributed by atoms with Crippen LogP contribution in [0, 0.1) is 5.82 Å². The Bertz CT molecular complexity index is 923. The third-order valence-corrected chi connectivity index (χ3v) is 5.70. The molecule has 3 rings (SSSR count). The maximum Gasteiger partial charge on any atom is 0.248 e. The summed E-state index contributed by atoms with van der Waals surface area (Å²) >= 11 is 5.85. The van der Waals surface area contributed by atoms with Gasteiger partial charge >= 0.3 is 0 Å². The van der Waals surface area contributed by atoms with E-state index in [0.29, 0.717) is 5.56 Å². The van der Waals surface area contributed by atoms with Crippen LogP contribution in [0.25, 0.3) is 0 Å². The fraction of sp³-hybridized carbons (Fsp3) is 0.471. The van der Waals surface area contributed by atoms with Gasteiger partial charge in [-0.1, -0.05) is 17.7 Å². The zero-order chi connectivity index (χ0) is 19.8. The van der Waals surface area contributed by atoms with E-state index < -0.39 is 33.8 Å². The molecule has 148 valence electrons. The van der Waals surface area contributed by atoms with Crippen molar-refractivity contribution in [1.29, 1.82) is 0 Å². The van der Waals surface area contributed by atoms with Crippen molar-refractivity contribution in [1.82, 2.24) is 9.97 Å². The van der Waals surface area contributed by atoms with Crippen LogP contribution in [0.5, 0.6) is 0 Å². The molecule has 10 heteroatoms. The first kappa shape index (κ1) is 20.2. The number of nitrogens with zero attached hydrogens (tertiary/aromatic N) is 1. The molecule has 1 saturated carbocycles. The number of hydrogen-bond donors (Lipinski definition) is 1. The highest BCUT2D eigenvalue weighted by atomic mass is 35.5. The highest BCUT2D eigenvalue weighted by Crippen LogP contribution is 2.37. The van der Waals surface area contributed by atoms with Gasteiger partial charge in [-0.2, -0.15) is 0 Å². The van der Waals surface area contributed by atoms with Crippen LogP contribution in [0.2, 0.25) is 5.02 Å². The van der Waals surface area contributed by atoms with Gasteiger partial charge in [-0.3, -0.25) is 0 Å². The summed E-state index contributed by atoms with van der Waals surface area (Å²) in [5.41, 5.74) is 0.438. The fourth-order valence-corrected chi connectivity index (χ4v) is 3.69. The highest BCUT2D eigenvalue weighted by Gasteiger charge is 2.37. The molecule has 1 aliphatic carbocycles. The van der Waals surface area contributed by atoms with Crippen LogP contribution in [-0.4, -0.2) is 36.7 Å². The lowest BCUT2D eigenvalue weighted by Gasteiger charge is -2.31. The van der Waals surface area contributed by atoms with Crippen molar-refractivity contribution in [2.75, 3.05) is 6.26 Å². The van der Waals surface area contributed by atoms with E-state index in [9.17, 15) is 21.6 Å². The topological polar surface area (TPSA) is 72.0 Å². The largest absolute Gasteiger partial charge is 0.362 e. The van der Waals surface area contributed by atoms with E-state index in [1.54, 1.807) is 0 Å². The average Bonchev–Trinajstić information content (AvgIpc) is 3.07. The van der Waals surface area contributed by atoms with Gasteiger partial charge < -0.3 is 9.72 Å². The van der Waals surface area contributed by atoms with Crippen LogP contribution in [0.3, 0.4) is 0 Å². The Morgan fingerprint density at radius 2 is 2.00 bits per heavy atom. The first-order valence-electron chi connectivity index (χ1n) is 8.29. The van der Waals surface area contributed by atoms with Crippen molar-refractivity contribution in [3.8, 4) is 0 Å². The molecule has 1 heterocycles. The molecule has 1 N–H and O–H groups in total. The van der Waals surface area contributed by atoms with Crippen molar-refractivity contribution < 1.29 is 26.3 Å². The van der Waals surface area contributed by atoms with Gasteiger partial charge in [0.15, 0.2) is 14.9 Å². The minimum Gasteiger partial charge on any atom is -0.362 e. The Morgan fingerprint density at radius 1 is 1.33 bits per heavy atom. The first-order chi connectivity index (χ1) is 12.5. The van der Waals surface area contributed by atoms with Gasteiger partial charge in [-0.15, -0.1) is 0 Å². The predicted octanol–water partition coefficient (Wildman–Crippen LogP) is 4.29. The minimum absolute atomic E-state index is 0.133. The van der Waals surface area contributed by atoms with Crippen LogP contribution in [-0.2, 0) is 14.6 Å². The van der Waals surface area contributed by atoms with Gasteiger partial charge in [0.05, 0.1) is 11.1 Å². The summed E-state index contributed by atoms with van der Waals surface area (Å²) in [6.45, 7) is 0. The first-order valence-corrected chi connectivity index (χ1v) is 10.6. The normalized spacial score (nSPS) is 19.1. The van der Waals surface area contributed by atoms with E-state index in [0.717, 1.165) is 12.3 Å². The molecule has 2 aromatic rings. The Balaban J connectivity index is 1.91. The molecule has 5 nitrogen and oxygen atoms in total. The van der Waals surface area contributed by atoms with Crippen LogP contribution in [0.15, 0.2) is 29.4 Å². The number of imidazole rings is 1. The smallest absolute Gasteiger partial charge is 0.248 e. The third-order valence-electron chi connectivity index (χ3n) is 4.44. The number of benzene rings is 1. The molecule has 1 aliphatic rings. The molecule has 1 atom stereocenters. The average molecular weight is 423 g/mol. The van der Waals surface area contributed by atoms with Crippen LogP contribution >= 0.6 is 11.6 Å². The molecule has 1 aromatic carbocycles. The molecular weight excluding hydrogens is 405 g/mol.